The summed E-state index contributed by atoms with van der Waals surface area (Å²) in [6.07, 6.45) is 5.43. The Labute approximate surface area is 111 Å². The SMILES string of the molecule is COc1ccc(C2=CC=C3SC(C)=NC3C2)cc1. The molecule has 1 aromatic carbocycles. The van der Waals surface area contributed by atoms with E-state index in [1.165, 1.54) is 21.1 Å². The zero-order valence-corrected chi connectivity index (χ0v) is 11.3. The van der Waals surface area contributed by atoms with Gasteiger partial charge in [-0.15, -0.1) is 0 Å². The average Bonchev–Trinajstić information content (AvgIpc) is 2.78. The van der Waals surface area contributed by atoms with E-state index in [4.69, 9.17) is 4.74 Å². The molecule has 0 spiro atoms. The lowest BCUT2D eigenvalue weighted by Crippen LogP contribution is -2.06. The van der Waals surface area contributed by atoms with Crippen LogP contribution in [0.1, 0.15) is 18.9 Å². The minimum atomic E-state index is 0.345. The van der Waals surface area contributed by atoms with E-state index in [9.17, 15) is 0 Å². The van der Waals surface area contributed by atoms with Crippen LogP contribution in [0.4, 0.5) is 0 Å². The second-order valence-electron chi connectivity index (χ2n) is 4.46. The number of hydrogen-bond acceptors (Lipinski definition) is 3. The van der Waals surface area contributed by atoms with E-state index in [2.05, 4.69) is 36.2 Å². The van der Waals surface area contributed by atoms with Gasteiger partial charge in [-0.1, -0.05) is 30.0 Å². The molecular formula is C15H15NOS. The first-order valence-electron chi connectivity index (χ1n) is 6.03. The number of hydrogen-bond donors (Lipinski definition) is 0. The number of nitrogens with zero attached hydrogens (tertiary/aromatic N) is 1. The number of fused-ring (bicyclic) bond motifs is 1. The normalized spacial score (nSPS) is 21.9. The fraction of sp³-hybridized carbons (Fsp3) is 0.267. The number of benzene rings is 1. The van der Waals surface area contributed by atoms with Gasteiger partial charge in [-0.05, 0) is 36.3 Å². The van der Waals surface area contributed by atoms with Crippen molar-refractivity contribution in [2.75, 3.05) is 7.11 Å². The number of allylic oxidation sites excluding steroid dienone is 2. The van der Waals surface area contributed by atoms with Gasteiger partial charge in [0.1, 0.15) is 5.75 Å². The maximum absolute atomic E-state index is 5.18. The molecule has 2 nitrogen and oxygen atoms in total. The molecule has 1 unspecified atom stereocenters. The lowest BCUT2D eigenvalue weighted by molar-refractivity contribution is 0.415. The molecule has 1 aliphatic carbocycles. The molecule has 0 bridgehead atoms. The highest BCUT2D eigenvalue weighted by Crippen LogP contribution is 2.39. The van der Waals surface area contributed by atoms with Gasteiger partial charge in [-0.25, -0.2) is 0 Å². The third-order valence-corrected chi connectivity index (χ3v) is 4.30. The van der Waals surface area contributed by atoms with Crippen LogP contribution in [0.25, 0.3) is 5.57 Å². The average molecular weight is 257 g/mol. The summed E-state index contributed by atoms with van der Waals surface area (Å²) in [5.74, 6) is 0.900. The summed E-state index contributed by atoms with van der Waals surface area (Å²) in [7, 11) is 1.69. The molecule has 1 atom stereocenters. The van der Waals surface area contributed by atoms with Crippen molar-refractivity contribution >= 4 is 22.4 Å². The Balaban J connectivity index is 1.86. The van der Waals surface area contributed by atoms with Crippen molar-refractivity contribution in [3.05, 3.63) is 46.9 Å². The lowest BCUT2D eigenvalue weighted by Gasteiger charge is -2.17. The standard InChI is InChI=1S/C15H15NOS/c1-10-16-14-9-12(5-8-15(14)18-10)11-3-6-13(17-2)7-4-11/h3-8,14H,9H2,1-2H3. The van der Waals surface area contributed by atoms with Crippen LogP contribution in [0.2, 0.25) is 0 Å². The van der Waals surface area contributed by atoms with Gasteiger partial charge in [0.15, 0.2) is 0 Å². The van der Waals surface area contributed by atoms with Crippen molar-refractivity contribution in [2.45, 2.75) is 19.4 Å². The second kappa shape index (κ2) is 4.65. The van der Waals surface area contributed by atoms with Gasteiger partial charge in [0.05, 0.1) is 18.2 Å². The molecule has 1 heterocycles. The lowest BCUT2D eigenvalue weighted by atomic mass is 9.94. The summed E-state index contributed by atoms with van der Waals surface area (Å²) < 4.78 is 5.18. The van der Waals surface area contributed by atoms with Gasteiger partial charge < -0.3 is 4.74 Å². The molecule has 3 rings (SSSR count). The zero-order chi connectivity index (χ0) is 12.5. The molecule has 0 radical (unpaired) electrons. The number of rotatable bonds is 2. The molecule has 0 saturated heterocycles. The Hall–Kier alpha value is -1.48. The number of thioether (sulfide) groups is 1. The summed E-state index contributed by atoms with van der Waals surface area (Å²) in [6.45, 7) is 2.08. The fourth-order valence-corrected chi connectivity index (χ4v) is 3.25. The molecule has 0 amide bonds. The minimum Gasteiger partial charge on any atom is -0.497 e. The summed E-state index contributed by atoms with van der Waals surface area (Å²) in [5.41, 5.74) is 2.61. The second-order valence-corrected chi connectivity index (χ2v) is 5.73. The van der Waals surface area contributed by atoms with Crippen molar-refractivity contribution in [2.24, 2.45) is 4.99 Å². The van der Waals surface area contributed by atoms with Crippen LogP contribution in [0, 0.1) is 0 Å². The molecule has 2 aliphatic rings. The molecule has 92 valence electrons. The van der Waals surface area contributed by atoms with Crippen molar-refractivity contribution in [3.8, 4) is 5.75 Å². The van der Waals surface area contributed by atoms with Crippen LogP contribution in [0.5, 0.6) is 5.75 Å². The van der Waals surface area contributed by atoms with Gasteiger partial charge in [0.2, 0.25) is 0 Å². The van der Waals surface area contributed by atoms with Crippen LogP contribution in [-0.4, -0.2) is 18.2 Å². The van der Waals surface area contributed by atoms with Gasteiger partial charge >= 0.3 is 0 Å². The summed E-state index contributed by atoms with van der Waals surface area (Å²) >= 11 is 1.80. The van der Waals surface area contributed by atoms with Gasteiger partial charge in [-0.2, -0.15) is 0 Å². The first-order valence-corrected chi connectivity index (χ1v) is 6.85. The maximum atomic E-state index is 5.18. The first kappa shape index (κ1) is 11.6. The van der Waals surface area contributed by atoms with Crippen LogP contribution in [0.15, 0.2) is 46.3 Å². The summed E-state index contributed by atoms with van der Waals surface area (Å²) in [4.78, 5) is 6.05. The molecule has 3 heteroatoms. The largest absolute Gasteiger partial charge is 0.497 e. The minimum absolute atomic E-state index is 0.345. The van der Waals surface area contributed by atoms with E-state index in [0.29, 0.717) is 6.04 Å². The molecule has 0 N–H and O–H groups in total. The van der Waals surface area contributed by atoms with E-state index in [0.717, 1.165) is 12.2 Å². The maximum Gasteiger partial charge on any atom is 0.118 e. The predicted octanol–water partition coefficient (Wildman–Crippen LogP) is 3.90. The van der Waals surface area contributed by atoms with Crippen molar-refractivity contribution in [1.29, 1.82) is 0 Å². The highest BCUT2D eigenvalue weighted by molar-refractivity contribution is 8.17. The van der Waals surface area contributed by atoms with Gasteiger partial charge in [0.25, 0.3) is 0 Å². The quantitative estimate of drug-likeness (QED) is 0.801. The molecule has 0 fully saturated rings. The van der Waals surface area contributed by atoms with E-state index in [-0.39, 0.29) is 0 Å². The van der Waals surface area contributed by atoms with Crippen molar-refractivity contribution in [3.63, 3.8) is 0 Å². The van der Waals surface area contributed by atoms with Gasteiger partial charge in [-0.3, -0.25) is 4.99 Å². The molecule has 1 aromatic rings. The Morgan fingerprint density at radius 2 is 2.00 bits per heavy atom. The molecule has 0 aromatic heterocycles. The van der Waals surface area contributed by atoms with Crippen molar-refractivity contribution < 1.29 is 4.74 Å². The van der Waals surface area contributed by atoms with Gasteiger partial charge in [0, 0.05) is 11.3 Å². The Bertz CT molecular complexity index is 554. The number of aliphatic imine (C=N–C) groups is 1. The molecular weight excluding hydrogens is 242 g/mol. The molecule has 18 heavy (non-hydrogen) atoms. The third kappa shape index (κ3) is 2.10. The van der Waals surface area contributed by atoms with E-state index in [1.54, 1.807) is 18.9 Å². The first-order chi connectivity index (χ1) is 8.76. The van der Waals surface area contributed by atoms with Crippen molar-refractivity contribution in [1.82, 2.24) is 0 Å². The monoisotopic (exact) mass is 257 g/mol. The topological polar surface area (TPSA) is 21.6 Å². The van der Waals surface area contributed by atoms with E-state index < -0.39 is 0 Å². The highest BCUT2D eigenvalue weighted by Gasteiger charge is 2.25. The fourth-order valence-electron chi connectivity index (χ4n) is 2.32. The van der Waals surface area contributed by atoms with Crippen LogP contribution >= 0.6 is 11.8 Å². The predicted molar refractivity (Wildman–Crippen MR) is 78.2 cm³/mol. The smallest absolute Gasteiger partial charge is 0.118 e. The van der Waals surface area contributed by atoms with E-state index >= 15 is 0 Å². The third-order valence-electron chi connectivity index (χ3n) is 3.25. The zero-order valence-electron chi connectivity index (χ0n) is 10.5. The number of methoxy groups -OCH3 is 1. The van der Waals surface area contributed by atoms with E-state index in [1.807, 2.05) is 12.1 Å². The summed E-state index contributed by atoms with van der Waals surface area (Å²) in [6, 6.07) is 8.59. The Kier molecular flexibility index (Phi) is 3.00. The van der Waals surface area contributed by atoms with Crippen LogP contribution in [-0.2, 0) is 0 Å². The number of ether oxygens (including phenoxy) is 1. The van der Waals surface area contributed by atoms with Crippen LogP contribution < -0.4 is 4.74 Å². The Morgan fingerprint density at radius 3 is 2.72 bits per heavy atom. The summed E-state index contributed by atoms with van der Waals surface area (Å²) in [5, 5.41) is 1.18. The van der Waals surface area contributed by atoms with Crippen LogP contribution in [0.3, 0.4) is 0 Å². The molecule has 1 aliphatic heterocycles. The highest BCUT2D eigenvalue weighted by atomic mass is 32.2. The Morgan fingerprint density at radius 1 is 1.22 bits per heavy atom. The molecule has 0 saturated carbocycles.